The number of hydrogen-bond acceptors (Lipinski definition) is 4. The van der Waals surface area contributed by atoms with Crippen molar-refractivity contribution in [3.8, 4) is 5.75 Å². The molecule has 0 aliphatic carbocycles. The van der Waals surface area contributed by atoms with Gasteiger partial charge < -0.3 is 25.2 Å². The highest BCUT2D eigenvalue weighted by atomic mass is 16.5. The monoisotopic (exact) mass is 346 g/mol. The van der Waals surface area contributed by atoms with E-state index in [1.807, 2.05) is 18.2 Å². The van der Waals surface area contributed by atoms with Gasteiger partial charge in [-0.3, -0.25) is 0 Å². The fourth-order valence-corrected chi connectivity index (χ4v) is 3.49. The van der Waals surface area contributed by atoms with Crippen LogP contribution in [0.4, 0.5) is 4.79 Å². The number of carbonyl (C=O) groups is 1. The third-order valence-corrected chi connectivity index (χ3v) is 5.06. The van der Waals surface area contributed by atoms with Gasteiger partial charge >= 0.3 is 6.03 Å². The van der Waals surface area contributed by atoms with E-state index in [-0.39, 0.29) is 12.1 Å². The maximum Gasteiger partial charge on any atom is 0.315 e. The van der Waals surface area contributed by atoms with Crippen molar-refractivity contribution >= 4 is 6.03 Å². The first-order valence-corrected chi connectivity index (χ1v) is 9.44. The number of fused-ring (bicyclic) bond motifs is 1. The van der Waals surface area contributed by atoms with Gasteiger partial charge in [-0.1, -0.05) is 25.1 Å². The lowest BCUT2D eigenvalue weighted by Crippen LogP contribution is -2.48. The van der Waals surface area contributed by atoms with Crippen LogP contribution < -0.4 is 15.4 Å². The Morgan fingerprint density at radius 3 is 2.76 bits per heavy atom. The highest BCUT2D eigenvalue weighted by molar-refractivity contribution is 5.74. The maximum atomic E-state index is 12.1. The second-order valence-electron chi connectivity index (χ2n) is 6.85. The molecule has 2 aliphatic rings. The first-order chi connectivity index (χ1) is 12.2. The Morgan fingerprint density at radius 1 is 1.20 bits per heavy atom. The fraction of sp³-hybridized carbons (Fsp3) is 0.632. The van der Waals surface area contributed by atoms with E-state index in [1.54, 1.807) is 0 Å². The van der Waals surface area contributed by atoms with Gasteiger partial charge in [-0.25, -0.2) is 4.79 Å². The van der Waals surface area contributed by atoms with Crippen molar-refractivity contribution in [3.63, 3.8) is 0 Å². The van der Waals surface area contributed by atoms with Crippen LogP contribution in [0.3, 0.4) is 0 Å². The average molecular weight is 346 g/mol. The van der Waals surface area contributed by atoms with Gasteiger partial charge in [0, 0.05) is 32.7 Å². The average Bonchev–Trinajstić information content (AvgIpc) is 2.65. The highest BCUT2D eigenvalue weighted by Crippen LogP contribution is 2.23. The van der Waals surface area contributed by atoms with Gasteiger partial charge in [-0.2, -0.15) is 0 Å². The Kier molecular flexibility index (Phi) is 6.53. The molecular formula is C19H30N4O2. The number of rotatable bonds is 6. The summed E-state index contributed by atoms with van der Waals surface area (Å²) >= 11 is 0. The molecule has 1 unspecified atom stereocenters. The van der Waals surface area contributed by atoms with Crippen molar-refractivity contribution in [1.82, 2.24) is 20.4 Å². The number of likely N-dealkylation sites (N-methyl/N-ethyl adjacent to an activating group) is 1. The van der Waals surface area contributed by atoms with Crippen LogP contribution in [0.5, 0.6) is 5.75 Å². The maximum absolute atomic E-state index is 12.1. The van der Waals surface area contributed by atoms with Gasteiger partial charge in [0.05, 0.1) is 6.04 Å². The normalized spacial score (nSPS) is 21.2. The van der Waals surface area contributed by atoms with E-state index in [2.05, 4.69) is 33.4 Å². The minimum absolute atomic E-state index is 0.0389. The van der Waals surface area contributed by atoms with Crippen molar-refractivity contribution < 1.29 is 9.53 Å². The molecule has 0 bridgehead atoms. The minimum atomic E-state index is -0.0937. The Hall–Kier alpha value is -1.79. The quantitative estimate of drug-likeness (QED) is 0.763. The van der Waals surface area contributed by atoms with E-state index in [4.69, 9.17) is 4.74 Å². The second-order valence-corrected chi connectivity index (χ2v) is 6.85. The summed E-state index contributed by atoms with van der Waals surface area (Å²) in [6.45, 7) is 10.3. The summed E-state index contributed by atoms with van der Waals surface area (Å²) in [5.74, 6) is 0.934. The number of carbonyl (C=O) groups excluding carboxylic acids is 1. The molecule has 0 aromatic heterocycles. The summed E-state index contributed by atoms with van der Waals surface area (Å²) in [6, 6.07) is 7.96. The van der Waals surface area contributed by atoms with Crippen LogP contribution in [0, 0.1) is 0 Å². The zero-order chi connectivity index (χ0) is 17.5. The van der Waals surface area contributed by atoms with Crippen LogP contribution in [0.1, 0.15) is 18.9 Å². The predicted octanol–water partition coefficient (Wildman–Crippen LogP) is 1.32. The van der Waals surface area contributed by atoms with Crippen LogP contribution in [0.15, 0.2) is 24.3 Å². The molecule has 6 heteroatoms. The smallest absolute Gasteiger partial charge is 0.315 e. The number of para-hydroxylation sites is 1. The Labute approximate surface area is 150 Å². The van der Waals surface area contributed by atoms with Gasteiger partial charge in [0.1, 0.15) is 12.4 Å². The van der Waals surface area contributed by atoms with Crippen molar-refractivity contribution in [2.45, 2.75) is 25.8 Å². The van der Waals surface area contributed by atoms with Crippen molar-refractivity contribution in [1.29, 1.82) is 0 Å². The van der Waals surface area contributed by atoms with Gasteiger partial charge in [0.2, 0.25) is 0 Å². The topological polar surface area (TPSA) is 56.8 Å². The van der Waals surface area contributed by atoms with E-state index < -0.39 is 0 Å². The molecule has 1 aromatic carbocycles. The van der Waals surface area contributed by atoms with Crippen LogP contribution in [-0.4, -0.2) is 74.3 Å². The van der Waals surface area contributed by atoms with Gasteiger partial charge in [-0.05, 0) is 37.6 Å². The molecule has 2 amide bonds. The number of amides is 2. The predicted molar refractivity (Wildman–Crippen MR) is 99.1 cm³/mol. The van der Waals surface area contributed by atoms with Crippen LogP contribution in [-0.2, 0) is 6.42 Å². The number of piperazine rings is 1. The molecule has 1 fully saturated rings. The molecule has 2 aliphatic heterocycles. The molecule has 1 atom stereocenters. The summed E-state index contributed by atoms with van der Waals surface area (Å²) in [5, 5.41) is 5.99. The van der Waals surface area contributed by atoms with Crippen LogP contribution >= 0.6 is 0 Å². The zero-order valence-electron chi connectivity index (χ0n) is 15.2. The van der Waals surface area contributed by atoms with E-state index in [1.165, 1.54) is 0 Å². The first-order valence-electron chi connectivity index (χ1n) is 9.44. The standard InChI is InChI=1S/C19H30N4O2/c1-2-22-10-12-23(13-11-22)9-5-8-20-19(24)21-17-14-16-6-3-4-7-18(16)25-15-17/h3-4,6-7,17H,2,5,8-15H2,1H3,(H2,20,21,24). The van der Waals surface area contributed by atoms with Crippen molar-refractivity contribution in [2.24, 2.45) is 0 Å². The number of nitrogens with one attached hydrogen (secondary N) is 2. The lowest BCUT2D eigenvalue weighted by molar-refractivity contribution is 0.136. The summed E-state index contributed by atoms with van der Waals surface area (Å²) < 4.78 is 5.71. The van der Waals surface area contributed by atoms with E-state index in [0.717, 1.165) is 63.4 Å². The van der Waals surface area contributed by atoms with Crippen molar-refractivity contribution in [2.75, 3.05) is 52.4 Å². The van der Waals surface area contributed by atoms with Gasteiger partial charge in [0.15, 0.2) is 0 Å². The molecule has 0 saturated carbocycles. The third-order valence-electron chi connectivity index (χ3n) is 5.06. The number of hydrogen-bond donors (Lipinski definition) is 2. The molecule has 3 rings (SSSR count). The molecule has 2 N–H and O–H groups in total. The lowest BCUT2D eigenvalue weighted by Gasteiger charge is -2.34. The molecule has 6 nitrogen and oxygen atoms in total. The molecular weight excluding hydrogens is 316 g/mol. The molecule has 0 spiro atoms. The number of ether oxygens (including phenoxy) is 1. The van der Waals surface area contributed by atoms with Gasteiger partial charge in [-0.15, -0.1) is 0 Å². The third kappa shape index (κ3) is 5.34. The summed E-state index contributed by atoms with van der Waals surface area (Å²) in [4.78, 5) is 17.0. The molecule has 138 valence electrons. The minimum Gasteiger partial charge on any atom is -0.491 e. The SMILES string of the molecule is CCN1CCN(CCCNC(=O)NC2COc3ccccc3C2)CC1. The highest BCUT2D eigenvalue weighted by Gasteiger charge is 2.21. The molecule has 2 heterocycles. The number of urea groups is 1. The second kappa shape index (κ2) is 9.06. The molecule has 0 radical (unpaired) electrons. The largest absolute Gasteiger partial charge is 0.491 e. The molecule has 1 aromatic rings. The summed E-state index contributed by atoms with van der Waals surface area (Å²) in [5.41, 5.74) is 1.16. The fourth-order valence-electron chi connectivity index (χ4n) is 3.49. The summed E-state index contributed by atoms with van der Waals surface area (Å²) in [6.07, 6.45) is 1.81. The molecule has 1 saturated heterocycles. The van der Waals surface area contributed by atoms with E-state index in [9.17, 15) is 4.79 Å². The number of benzene rings is 1. The first kappa shape index (κ1) is 18.0. The Morgan fingerprint density at radius 2 is 1.96 bits per heavy atom. The lowest BCUT2D eigenvalue weighted by atomic mass is 10.0. The van der Waals surface area contributed by atoms with E-state index >= 15 is 0 Å². The number of nitrogens with zero attached hydrogens (tertiary/aromatic N) is 2. The van der Waals surface area contributed by atoms with Crippen LogP contribution in [0.25, 0.3) is 0 Å². The molecule has 25 heavy (non-hydrogen) atoms. The Balaban J connectivity index is 1.29. The van der Waals surface area contributed by atoms with E-state index in [0.29, 0.717) is 13.2 Å². The van der Waals surface area contributed by atoms with Crippen LogP contribution in [0.2, 0.25) is 0 Å². The van der Waals surface area contributed by atoms with Crippen molar-refractivity contribution in [3.05, 3.63) is 29.8 Å². The summed E-state index contributed by atoms with van der Waals surface area (Å²) in [7, 11) is 0. The Bertz CT molecular complexity index is 558. The van der Waals surface area contributed by atoms with Gasteiger partial charge in [0.25, 0.3) is 0 Å². The zero-order valence-corrected chi connectivity index (χ0v) is 15.2.